The van der Waals surface area contributed by atoms with E-state index in [4.69, 9.17) is 0 Å². The van der Waals surface area contributed by atoms with Crippen molar-refractivity contribution in [3.05, 3.63) is 16.6 Å². The van der Waals surface area contributed by atoms with E-state index in [9.17, 15) is 8.42 Å². The molecule has 8 heteroatoms. The fourth-order valence-corrected chi connectivity index (χ4v) is 4.14. The standard InChI is InChI=1S/C10H13N3O2S3/c1-3-18(14,15)6-9-12-4-8(17-9)7-5-16-10(11-2)13-7/h4-5H,3,6H2,1-2H3,(H,11,13). The Hall–Kier alpha value is -0.990. The molecule has 1 N–H and O–H groups in total. The molecule has 0 saturated heterocycles. The number of anilines is 1. The minimum atomic E-state index is -3.02. The van der Waals surface area contributed by atoms with Crippen molar-refractivity contribution in [2.75, 3.05) is 18.1 Å². The highest BCUT2D eigenvalue weighted by Crippen LogP contribution is 2.29. The molecular formula is C10H13N3O2S3. The van der Waals surface area contributed by atoms with Crippen LogP contribution in [0.5, 0.6) is 0 Å². The van der Waals surface area contributed by atoms with Crippen molar-refractivity contribution in [1.82, 2.24) is 9.97 Å². The molecule has 0 aliphatic heterocycles. The van der Waals surface area contributed by atoms with Crippen LogP contribution in [-0.2, 0) is 15.6 Å². The molecule has 0 aliphatic carbocycles. The van der Waals surface area contributed by atoms with Crippen LogP contribution in [0, 0.1) is 0 Å². The Morgan fingerprint density at radius 3 is 2.83 bits per heavy atom. The van der Waals surface area contributed by atoms with Gasteiger partial charge in [-0.1, -0.05) is 6.92 Å². The molecule has 0 aliphatic rings. The van der Waals surface area contributed by atoms with Crippen LogP contribution in [0.1, 0.15) is 11.9 Å². The van der Waals surface area contributed by atoms with Crippen LogP contribution >= 0.6 is 22.7 Å². The Balaban J connectivity index is 2.20. The molecule has 18 heavy (non-hydrogen) atoms. The van der Waals surface area contributed by atoms with Gasteiger partial charge in [-0.25, -0.2) is 18.4 Å². The van der Waals surface area contributed by atoms with E-state index in [1.165, 1.54) is 22.7 Å². The van der Waals surface area contributed by atoms with Crippen LogP contribution in [0.4, 0.5) is 5.13 Å². The third-order valence-electron chi connectivity index (χ3n) is 2.31. The summed E-state index contributed by atoms with van der Waals surface area (Å²) in [6.07, 6.45) is 1.68. The van der Waals surface area contributed by atoms with Crippen molar-refractivity contribution in [2.45, 2.75) is 12.7 Å². The molecule has 5 nitrogen and oxygen atoms in total. The van der Waals surface area contributed by atoms with E-state index in [0.717, 1.165) is 15.7 Å². The van der Waals surface area contributed by atoms with Crippen LogP contribution in [0.25, 0.3) is 10.6 Å². The summed E-state index contributed by atoms with van der Waals surface area (Å²) in [5, 5.41) is 6.35. The second kappa shape index (κ2) is 5.33. The van der Waals surface area contributed by atoms with Gasteiger partial charge in [0.25, 0.3) is 0 Å². The Morgan fingerprint density at radius 1 is 1.44 bits per heavy atom. The third kappa shape index (κ3) is 3.06. The van der Waals surface area contributed by atoms with Gasteiger partial charge < -0.3 is 5.32 Å². The van der Waals surface area contributed by atoms with Crippen molar-refractivity contribution >= 4 is 37.6 Å². The van der Waals surface area contributed by atoms with E-state index in [2.05, 4.69) is 15.3 Å². The predicted octanol–water partition coefficient (Wildman–Crippen LogP) is 2.24. The smallest absolute Gasteiger partial charge is 0.182 e. The van der Waals surface area contributed by atoms with Crippen molar-refractivity contribution in [2.24, 2.45) is 0 Å². The Morgan fingerprint density at radius 2 is 2.22 bits per heavy atom. The van der Waals surface area contributed by atoms with Gasteiger partial charge in [-0.05, 0) is 0 Å². The summed E-state index contributed by atoms with van der Waals surface area (Å²) in [6, 6.07) is 0. The summed E-state index contributed by atoms with van der Waals surface area (Å²) < 4.78 is 23.0. The maximum Gasteiger partial charge on any atom is 0.182 e. The zero-order valence-electron chi connectivity index (χ0n) is 10.0. The summed E-state index contributed by atoms with van der Waals surface area (Å²) >= 11 is 2.89. The topological polar surface area (TPSA) is 72.0 Å². The monoisotopic (exact) mass is 303 g/mol. The van der Waals surface area contributed by atoms with E-state index in [1.807, 2.05) is 12.4 Å². The molecule has 0 spiro atoms. The molecule has 0 unspecified atom stereocenters. The minimum Gasteiger partial charge on any atom is -0.365 e. The van der Waals surface area contributed by atoms with E-state index < -0.39 is 9.84 Å². The van der Waals surface area contributed by atoms with Gasteiger partial charge >= 0.3 is 0 Å². The number of nitrogens with zero attached hydrogens (tertiary/aromatic N) is 2. The second-order valence-electron chi connectivity index (χ2n) is 3.58. The lowest BCUT2D eigenvalue weighted by Crippen LogP contribution is -2.05. The number of aromatic nitrogens is 2. The Bertz CT molecular complexity index is 630. The molecule has 0 radical (unpaired) electrons. The quantitative estimate of drug-likeness (QED) is 0.917. The summed E-state index contributed by atoms with van der Waals surface area (Å²) in [5.74, 6) is 0.152. The number of hydrogen-bond donors (Lipinski definition) is 1. The molecule has 0 saturated carbocycles. The maximum atomic E-state index is 11.5. The molecular weight excluding hydrogens is 290 g/mol. The average molecular weight is 303 g/mol. The van der Waals surface area contributed by atoms with Gasteiger partial charge in [-0.3, -0.25) is 0 Å². The highest BCUT2D eigenvalue weighted by Gasteiger charge is 2.14. The molecule has 0 aromatic carbocycles. The largest absolute Gasteiger partial charge is 0.365 e. The molecule has 2 rings (SSSR count). The fourth-order valence-electron chi connectivity index (χ4n) is 1.29. The Labute approximate surface area is 114 Å². The van der Waals surface area contributed by atoms with Crippen molar-refractivity contribution in [3.8, 4) is 10.6 Å². The van der Waals surface area contributed by atoms with Crippen LogP contribution in [0.15, 0.2) is 11.6 Å². The van der Waals surface area contributed by atoms with Crippen molar-refractivity contribution in [1.29, 1.82) is 0 Å². The van der Waals surface area contributed by atoms with Crippen LogP contribution in [-0.4, -0.2) is 31.2 Å². The molecule has 0 fully saturated rings. The third-order valence-corrected chi connectivity index (χ3v) is 5.96. The lowest BCUT2D eigenvalue weighted by Gasteiger charge is -1.95. The molecule has 2 heterocycles. The summed E-state index contributed by atoms with van der Waals surface area (Å²) in [6.45, 7) is 1.64. The number of rotatable bonds is 5. The van der Waals surface area contributed by atoms with Crippen molar-refractivity contribution in [3.63, 3.8) is 0 Å². The van der Waals surface area contributed by atoms with Gasteiger partial charge in [-0.15, -0.1) is 22.7 Å². The first kappa shape index (κ1) is 13.4. The van der Waals surface area contributed by atoms with Crippen LogP contribution in [0.3, 0.4) is 0 Å². The zero-order valence-corrected chi connectivity index (χ0v) is 12.5. The van der Waals surface area contributed by atoms with Crippen LogP contribution in [0.2, 0.25) is 0 Å². The molecule has 2 aromatic heterocycles. The number of thiazole rings is 2. The summed E-state index contributed by atoms with van der Waals surface area (Å²) in [5.41, 5.74) is 0.835. The van der Waals surface area contributed by atoms with Gasteiger partial charge in [0.15, 0.2) is 15.0 Å². The molecule has 2 aromatic rings. The first-order valence-electron chi connectivity index (χ1n) is 5.33. The zero-order chi connectivity index (χ0) is 13.2. The van der Waals surface area contributed by atoms with Gasteiger partial charge in [0.05, 0.1) is 10.6 Å². The van der Waals surface area contributed by atoms with E-state index in [-0.39, 0.29) is 11.5 Å². The minimum absolute atomic E-state index is 0.0111. The summed E-state index contributed by atoms with van der Waals surface area (Å²) in [7, 11) is -1.21. The summed E-state index contributed by atoms with van der Waals surface area (Å²) in [4.78, 5) is 9.40. The number of nitrogens with one attached hydrogen (secondary N) is 1. The number of sulfone groups is 1. The van der Waals surface area contributed by atoms with Gasteiger partial charge in [0.1, 0.15) is 10.8 Å². The lowest BCUT2D eigenvalue weighted by atomic mass is 10.4. The van der Waals surface area contributed by atoms with Crippen LogP contribution < -0.4 is 5.32 Å². The van der Waals surface area contributed by atoms with Crippen molar-refractivity contribution < 1.29 is 8.42 Å². The highest BCUT2D eigenvalue weighted by atomic mass is 32.2. The molecule has 98 valence electrons. The molecule has 0 amide bonds. The molecule has 0 atom stereocenters. The van der Waals surface area contributed by atoms with Gasteiger partial charge in [0, 0.05) is 24.4 Å². The van der Waals surface area contributed by atoms with E-state index in [1.54, 1.807) is 13.1 Å². The first-order valence-corrected chi connectivity index (χ1v) is 8.84. The predicted molar refractivity (Wildman–Crippen MR) is 75.9 cm³/mol. The fraction of sp³-hybridized carbons (Fsp3) is 0.400. The average Bonchev–Trinajstić information content (AvgIpc) is 2.96. The van der Waals surface area contributed by atoms with E-state index >= 15 is 0 Å². The lowest BCUT2D eigenvalue weighted by molar-refractivity contribution is 0.596. The Kier molecular flexibility index (Phi) is 3.98. The number of hydrogen-bond acceptors (Lipinski definition) is 7. The SMILES string of the molecule is CCS(=O)(=O)Cc1ncc(-c2csc(NC)n2)s1. The highest BCUT2D eigenvalue weighted by molar-refractivity contribution is 7.90. The molecule has 0 bridgehead atoms. The maximum absolute atomic E-state index is 11.5. The second-order valence-corrected chi connectivity index (χ2v) is 7.91. The first-order chi connectivity index (χ1) is 8.54. The van der Waals surface area contributed by atoms with Gasteiger partial charge in [0.2, 0.25) is 0 Å². The van der Waals surface area contributed by atoms with Gasteiger partial charge in [-0.2, -0.15) is 0 Å². The van der Waals surface area contributed by atoms with E-state index in [0.29, 0.717) is 5.01 Å². The normalized spacial score (nSPS) is 11.7.